The molecule has 0 unspecified atom stereocenters. The maximum Gasteiger partial charge on any atom is 0.435 e. The van der Waals surface area contributed by atoms with E-state index in [0.29, 0.717) is 5.69 Å². The normalized spacial score (nSPS) is 14.5. The lowest BCUT2D eigenvalue weighted by atomic mass is 10.2. The third kappa shape index (κ3) is 3.70. The van der Waals surface area contributed by atoms with Crippen molar-refractivity contribution in [2.24, 2.45) is 12.8 Å². The van der Waals surface area contributed by atoms with Crippen LogP contribution in [0.25, 0.3) is 0 Å². The third-order valence-corrected chi connectivity index (χ3v) is 4.09. The van der Waals surface area contributed by atoms with Gasteiger partial charge in [0.1, 0.15) is 5.69 Å². The van der Waals surface area contributed by atoms with Gasteiger partial charge in [-0.15, -0.1) is 0 Å². The number of anilines is 1. The van der Waals surface area contributed by atoms with Gasteiger partial charge in [0.25, 0.3) is 5.91 Å². The van der Waals surface area contributed by atoms with Gasteiger partial charge in [-0.3, -0.25) is 19.0 Å². The third-order valence-electron chi connectivity index (χ3n) is 4.09. The number of nitrogens with zero attached hydrogens (tertiary/aromatic N) is 4. The number of amides is 2. The highest BCUT2D eigenvalue weighted by atomic mass is 19.4. The number of primary amides is 1. The lowest BCUT2D eigenvalue weighted by Crippen LogP contribution is -2.21. The van der Waals surface area contributed by atoms with E-state index in [-0.39, 0.29) is 30.3 Å². The maximum atomic E-state index is 12.9. The van der Waals surface area contributed by atoms with Crippen LogP contribution in [0.15, 0.2) is 12.3 Å². The minimum absolute atomic E-state index is 0.0000857. The number of alkyl halides is 3. The number of hydrogen-bond acceptors (Lipinski definition) is 4. The Bertz CT molecular complexity index is 850. The molecule has 140 valence electrons. The van der Waals surface area contributed by atoms with E-state index in [1.165, 1.54) is 22.6 Å². The van der Waals surface area contributed by atoms with Crippen molar-refractivity contribution in [3.05, 3.63) is 29.3 Å². The zero-order valence-corrected chi connectivity index (χ0v) is 13.9. The number of halogens is 3. The van der Waals surface area contributed by atoms with Crippen LogP contribution in [0, 0.1) is 0 Å². The van der Waals surface area contributed by atoms with E-state index >= 15 is 0 Å². The Morgan fingerprint density at radius 2 is 2.08 bits per heavy atom. The molecule has 0 bridgehead atoms. The molecule has 2 aromatic rings. The van der Waals surface area contributed by atoms with Crippen LogP contribution in [0.4, 0.5) is 18.9 Å². The fourth-order valence-electron chi connectivity index (χ4n) is 2.70. The fourth-order valence-corrected chi connectivity index (χ4v) is 2.70. The lowest BCUT2D eigenvalue weighted by molar-refractivity contribution is -0.141. The molecule has 3 rings (SSSR count). The summed E-state index contributed by atoms with van der Waals surface area (Å²) in [5.74, 6) is -1.18. The molecule has 0 spiro atoms. The molecule has 1 aliphatic rings. The monoisotopic (exact) mass is 370 g/mol. The van der Waals surface area contributed by atoms with E-state index < -0.39 is 23.7 Å². The number of carbonyl (C=O) groups is 2. The van der Waals surface area contributed by atoms with Crippen molar-refractivity contribution in [3.8, 4) is 0 Å². The van der Waals surface area contributed by atoms with Crippen LogP contribution in [-0.2, 0) is 24.6 Å². The van der Waals surface area contributed by atoms with Crippen LogP contribution in [0.1, 0.15) is 47.1 Å². The second-order valence-corrected chi connectivity index (χ2v) is 6.14. The first-order chi connectivity index (χ1) is 12.2. The SMILES string of the molecule is Cn1ncc(NC(=O)CCn2nc(C(F)(F)F)cc2C2CC2)c1C(N)=O. The van der Waals surface area contributed by atoms with Crippen LogP contribution in [-0.4, -0.2) is 31.4 Å². The Morgan fingerprint density at radius 3 is 2.65 bits per heavy atom. The highest BCUT2D eigenvalue weighted by molar-refractivity contribution is 6.01. The van der Waals surface area contributed by atoms with Gasteiger partial charge in [0.05, 0.1) is 11.9 Å². The van der Waals surface area contributed by atoms with Gasteiger partial charge in [0.2, 0.25) is 5.91 Å². The van der Waals surface area contributed by atoms with Gasteiger partial charge in [-0.1, -0.05) is 0 Å². The van der Waals surface area contributed by atoms with E-state index in [2.05, 4.69) is 15.5 Å². The molecule has 2 heterocycles. The molecule has 2 aromatic heterocycles. The first-order valence-electron chi connectivity index (χ1n) is 7.93. The molecule has 0 aliphatic heterocycles. The van der Waals surface area contributed by atoms with Crippen molar-refractivity contribution < 1.29 is 22.8 Å². The smallest absolute Gasteiger partial charge is 0.364 e. The van der Waals surface area contributed by atoms with E-state index in [4.69, 9.17) is 5.73 Å². The Labute approximate surface area is 146 Å². The summed E-state index contributed by atoms with van der Waals surface area (Å²) in [7, 11) is 1.50. The zero-order valence-electron chi connectivity index (χ0n) is 13.9. The summed E-state index contributed by atoms with van der Waals surface area (Å²) in [6.07, 6.45) is -1.72. The summed E-state index contributed by atoms with van der Waals surface area (Å²) in [5, 5.41) is 9.93. The minimum Gasteiger partial charge on any atom is -0.364 e. The van der Waals surface area contributed by atoms with Gasteiger partial charge in [-0.25, -0.2) is 0 Å². The van der Waals surface area contributed by atoms with Crippen molar-refractivity contribution in [2.75, 3.05) is 5.32 Å². The Morgan fingerprint density at radius 1 is 1.38 bits per heavy atom. The molecule has 1 saturated carbocycles. The Hall–Kier alpha value is -2.85. The van der Waals surface area contributed by atoms with Crippen LogP contribution in [0.2, 0.25) is 0 Å². The maximum absolute atomic E-state index is 12.9. The predicted octanol–water partition coefficient (Wildman–Crippen LogP) is 1.64. The summed E-state index contributed by atoms with van der Waals surface area (Å²) in [6.45, 7) is -0.0000857. The standard InChI is InChI=1S/C15H17F3N6O2/c1-23-13(14(19)26)9(7-20-23)21-12(25)4-5-24-10(8-2-3-8)6-11(22-24)15(16,17)18/h6-8H,2-5H2,1H3,(H2,19,26)(H,21,25). The summed E-state index contributed by atoms with van der Waals surface area (Å²) in [4.78, 5) is 23.5. The molecule has 0 saturated heterocycles. The molecule has 0 radical (unpaired) electrons. The number of nitrogens with two attached hydrogens (primary N) is 1. The second-order valence-electron chi connectivity index (χ2n) is 6.14. The average Bonchev–Trinajstić information content (AvgIpc) is 3.17. The molecule has 1 aliphatic carbocycles. The van der Waals surface area contributed by atoms with E-state index in [0.717, 1.165) is 18.9 Å². The highest BCUT2D eigenvalue weighted by Gasteiger charge is 2.37. The summed E-state index contributed by atoms with van der Waals surface area (Å²) in [5.41, 5.74) is 4.96. The Kier molecular flexibility index (Phi) is 4.46. The van der Waals surface area contributed by atoms with Gasteiger partial charge in [0.15, 0.2) is 5.69 Å². The van der Waals surface area contributed by atoms with Crippen molar-refractivity contribution in [1.29, 1.82) is 0 Å². The summed E-state index contributed by atoms with van der Waals surface area (Å²) >= 11 is 0. The van der Waals surface area contributed by atoms with E-state index in [1.54, 1.807) is 0 Å². The van der Waals surface area contributed by atoms with Crippen molar-refractivity contribution in [2.45, 2.75) is 37.9 Å². The molecule has 2 amide bonds. The number of carbonyl (C=O) groups excluding carboxylic acids is 2. The largest absolute Gasteiger partial charge is 0.435 e. The molecule has 0 atom stereocenters. The lowest BCUT2D eigenvalue weighted by Gasteiger charge is -2.08. The highest BCUT2D eigenvalue weighted by Crippen LogP contribution is 2.42. The van der Waals surface area contributed by atoms with Gasteiger partial charge < -0.3 is 11.1 Å². The molecule has 1 fully saturated rings. The summed E-state index contributed by atoms with van der Waals surface area (Å²) < 4.78 is 41.1. The molecular formula is C15H17F3N6O2. The number of nitrogens with one attached hydrogen (secondary N) is 1. The van der Waals surface area contributed by atoms with Crippen molar-refractivity contribution >= 4 is 17.5 Å². The number of aromatic nitrogens is 4. The predicted molar refractivity (Wildman–Crippen MR) is 84.2 cm³/mol. The molecular weight excluding hydrogens is 353 g/mol. The Balaban J connectivity index is 1.68. The first kappa shape index (κ1) is 18.0. The fraction of sp³-hybridized carbons (Fsp3) is 0.467. The van der Waals surface area contributed by atoms with E-state index in [1.807, 2.05) is 0 Å². The number of aryl methyl sites for hydroxylation is 2. The average molecular weight is 370 g/mol. The molecule has 11 heteroatoms. The van der Waals surface area contributed by atoms with Gasteiger partial charge in [0, 0.05) is 31.6 Å². The van der Waals surface area contributed by atoms with Crippen LogP contribution >= 0.6 is 0 Å². The van der Waals surface area contributed by atoms with Crippen molar-refractivity contribution in [3.63, 3.8) is 0 Å². The molecule has 3 N–H and O–H groups in total. The quantitative estimate of drug-likeness (QED) is 0.806. The molecule has 26 heavy (non-hydrogen) atoms. The van der Waals surface area contributed by atoms with Crippen LogP contribution < -0.4 is 11.1 Å². The number of rotatable bonds is 6. The van der Waals surface area contributed by atoms with E-state index in [9.17, 15) is 22.8 Å². The van der Waals surface area contributed by atoms with Gasteiger partial charge in [-0.05, 0) is 18.9 Å². The topological polar surface area (TPSA) is 108 Å². The van der Waals surface area contributed by atoms with Gasteiger partial charge >= 0.3 is 6.18 Å². The minimum atomic E-state index is -4.52. The van der Waals surface area contributed by atoms with Crippen LogP contribution in [0.5, 0.6) is 0 Å². The molecule has 8 nitrogen and oxygen atoms in total. The number of hydrogen-bond donors (Lipinski definition) is 2. The zero-order chi connectivity index (χ0) is 19.1. The van der Waals surface area contributed by atoms with Gasteiger partial charge in [-0.2, -0.15) is 23.4 Å². The molecule has 0 aromatic carbocycles. The van der Waals surface area contributed by atoms with Crippen molar-refractivity contribution in [1.82, 2.24) is 19.6 Å². The summed E-state index contributed by atoms with van der Waals surface area (Å²) in [6, 6.07) is 1.04. The second kappa shape index (κ2) is 6.46. The first-order valence-corrected chi connectivity index (χ1v) is 7.93. The van der Waals surface area contributed by atoms with Crippen LogP contribution in [0.3, 0.4) is 0 Å².